The van der Waals surface area contributed by atoms with Crippen molar-refractivity contribution in [3.8, 4) is 5.75 Å². The maximum atomic E-state index is 11.9. The summed E-state index contributed by atoms with van der Waals surface area (Å²) < 4.78 is 4.99. The summed E-state index contributed by atoms with van der Waals surface area (Å²) in [6.07, 6.45) is 2.31. The second-order valence-electron chi connectivity index (χ2n) is 6.75. The van der Waals surface area contributed by atoms with Gasteiger partial charge in [0.25, 0.3) is 5.24 Å². The summed E-state index contributed by atoms with van der Waals surface area (Å²) in [6.45, 7) is 3.97. The molecule has 1 unspecified atom stereocenters. The van der Waals surface area contributed by atoms with Crippen molar-refractivity contribution in [2.45, 2.75) is 37.5 Å². The van der Waals surface area contributed by atoms with Gasteiger partial charge in [-0.25, -0.2) is 0 Å². The molecule has 1 aliphatic heterocycles. The van der Waals surface area contributed by atoms with E-state index in [1.807, 2.05) is 36.4 Å². The van der Waals surface area contributed by atoms with Gasteiger partial charge in [-0.2, -0.15) is 0 Å². The average Bonchev–Trinajstić information content (AvgIpc) is 2.88. The Labute approximate surface area is 162 Å². The summed E-state index contributed by atoms with van der Waals surface area (Å²) in [7, 11) is 0. The molecule has 0 spiro atoms. The molecular formula is C20H22N2O4S. The van der Waals surface area contributed by atoms with Crippen LogP contribution in [-0.2, 0) is 17.6 Å². The minimum atomic E-state index is -0.761. The van der Waals surface area contributed by atoms with Crippen molar-refractivity contribution in [1.82, 2.24) is 10.3 Å². The number of imide groups is 1. The Kier molecular flexibility index (Phi) is 5.82. The van der Waals surface area contributed by atoms with E-state index < -0.39 is 10.9 Å². The molecule has 3 rings (SSSR count). The third-order valence-electron chi connectivity index (χ3n) is 4.44. The summed E-state index contributed by atoms with van der Waals surface area (Å²) in [5.41, 5.74) is 2.66. The van der Waals surface area contributed by atoms with Crippen molar-refractivity contribution < 1.29 is 19.4 Å². The smallest absolute Gasteiger partial charge is 0.286 e. The Hall–Kier alpha value is -2.38. The molecular weight excluding hydrogens is 364 g/mol. The van der Waals surface area contributed by atoms with Crippen LogP contribution >= 0.6 is 11.8 Å². The van der Waals surface area contributed by atoms with Crippen molar-refractivity contribution in [3.05, 3.63) is 59.4 Å². The Morgan fingerprint density at radius 1 is 1.22 bits per heavy atom. The van der Waals surface area contributed by atoms with Gasteiger partial charge in [0.15, 0.2) is 0 Å². The van der Waals surface area contributed by atoms with Gasteiger partial charge in [-0.15, -0.1) is 0 Å². The lowest BCUT2D eigenvalue weighted by atomic mass is 9.99. The van der Waals surface area contributed by atoms with Crippen LogP contribution in [-0.4, -0.2) is 32.6 Å². The predicted molar refractivity (Wildman–Crippen MR) is 104 cm³/mol. The largest absolute Gasteiger partial charge is 0.493 e. The SMILES string of the molecule is CC(O)c1ccc(CCOc2ccc(C[C@@]3(C)SC(=O)NC3=O)cc2)nc1. The second kappa shape index (κ2) is 8.10. The van der Waals surface area contributed by atoms with E-state index in [4.69, 9.17) is 4.74 Å². The molecule has 0 radical (unpaired) electrons. The van der Waals surface area contributed by atoms with E-state index in [1.165, 1.54) is 0 Å². The van der Waals surface area contributed by atoms with E-state index in [0.717, 1.165) is 34.3 Å². The predicted octanol–water partition coefficient (Wildman–Crippen LogP) is 3.04. The molecule has 2 N–H and O–H groups in total. The maximum absolute atomic E-state index is 11.9. The van der Waals surface area contributed by atoms with Gasteiger partial charge in [0, 0.05) is 18.3 Å². The molecule has 27 heavy (non-hydrogen) atoms. The summed E-state index contributed by atoms with van der Waals surface area (Å²) in [5, 5.41) is 11.5. The number of amides is 2. The van der Waals surface area contributed by atoms with Crippen LogP contribution in [0.15, 0.2) is 42.6 Å². The molecule has 1 aliphatic rings. The van der Waals surface area contributed by atoms with Crippen molar-refractivity contribution in [1.29, 1.82) is 0 Å². The zero-order valence-electron chi connectivity index (χ0n) is 15.3. The highest BCUT2D eigenvalue weighted by Crippen LogP contribution is 2.34. The zero-order chi connectivity index (χ0) is 19.4. The van der Waals surface area contributed by atoms with Crippen LogP contribution in [0, 0.1) is 0 Å². The van der Waals surface area contributed by atoms with Gasteiger partial charge >= 0.3 is 0 Å². The fourth-order valence-corrected chi connectivity index (χ4v) is 3.75. The van der Waals surface area contributed by atoms with Gasteiger partial charge in [-0.3, -0.25) is 19.9 Å². The normalized spacial score (nSPS) is 20.4. The van der Waals surface area contributed by atoms with E-state index in [9.17, 15) is 14.7 Å². The Bertz CT molecular complexity index is 821. The molecule has 6 nitrogen and oxygen atoms in total. The van der Waals surface area contributed by atoms with Crippen molar-refractivity contribution in [2.24, 2.45) is 0 Å². The average molecular weight is 386 g/mol. The first kappa shape index (κ1) is 19.4. The van der Waals surface area contributed by atoms with Gasteiger partial charge in [0.05, 0.1) is 12.7 Å². The third-order valence-corrected chi connectivity index (χ3v) is 5.50. The standard InChI is InChI=1S/C20H22N2O4S/c1-13(23)15-5-6-16(21-12-15)9-10-26-17-7-3-14(4-8-17)11-20(2)18(24)22-19(25)27-20/h3-8,12-13,23H,9-11H2,1-2H3,(H,22,24,25)/t13?,20-/m1/s1. The van der Waals surface area contributed by atoms with Crippen molar-refractivity contribution >= 4 is 22.9 Å². The molecule has 1 fully saturated rings. The lowest BCUT2D eigenvalue weighted by Gasteiger charge is -2.18. The molecule has 2 aromatic rings. The number of aliphatic hydroxyl groups is 1. The molecule has 0 bridgehead atoms. The number of nitrogens with zero attached hydrogens (tertiary/aromatic N) is 1. The van der Waals surface area contributed by atoms with Crippen LogP contribution in [0.1, 0.15) is 36.8 Å². The molecule has 2 atom stereocenters. The highest BCUT2D eigenvalue weighted by atomic mass is 32.2. The molecule has 142 valence electrons. The molecule has 7 heteroatoms. The lowest BCUT2D eigenvalue weighted by molar-refractivity contribution is -0.121. The number of aromatic nitrogens is 1. The van der Waals surface area contributed by atoms with Crippen LogP contribution in [0.25, 0.3) is 0 Å². The Balaban J connectivity index is 1.50. The number of carbonyl (C=O) groups is 2. The van der Waals surface area contributed by atoms with E-state index in [0.29, 0.717) is 19.4 Å². The second-order valence-corrected chi connectivity index (χ2v) is 8.23. The summed E-state index contributed by atoms with van der Waals surface area (Å²) in [4.78, 5) is 27.6. The van der Waals surface area contributed by atoms with Gasteiger partial charge < -0.3 is 9.84 Å². The number of rotatable bonds is 7. The summed E-state index contributed by atoms with van der Waals surface area (Å²) >= 11 is 1.04. The highest BCUT2D eigenvalue weighted by Gasteiger charge is 2.43. The van der Waals surface area contributed by atoms with E-state index >= 15 is 0 Å². The van der Waals surface area contributed by atoms with Crippen LogP contribution in [0.4, 0.5) is 4.79 Å². The fraction of sp³-hybridized carbons (Fsp3) is 0.350. The molecule has 0 aliphatic carbocycles. The zero-order valence-corrected chi connectivity index (χ0v) is 16.1. The van der Waals surface area contributed by atoms with Crippen LogP contribution in [0.2, 0.25) is 0 Å². The van der Waals surface area contributed by atoms with Gasteiger partial charge in [0.1, 0.15) is 10.5 Å². The molecule has 0 saturated carbocycles. The number of thioether (sulfide) groups is 1. The molecule has 1 aromatic heterocycles. The first-order valence-corrected chi connectivity index (χ1v) is 9.56. The minimum absolute atomic E-state index is 0.244. The van der Waals surface area contributed by atoms with E-state index in [2.05, 4.69) is 10.3 Å². The van der Waals surface area contributed by atoms with Crippen LogP contribution < -0.4 is 10.1 Å². The lowest BCUT2D eigenvalue weighted by Crippen LogP contribution is -2.35. The Morgan fingerprint density at radius 3 is 2.52 bits per heavy atom. The number of hydrogen-bond acceptors (Lipinski definition) is 6. The maximum Gasteiger partial charge on any atom is 0.286 e. The van der Waals surface area contributed by atoms with Crippen LogP contribution in [0.3, 0.4) is 0 Å². The molecule has 2 amide bonds. The van der Waals surface area contributed by atoms with E-state index in [-0.39, 0.29) is 11.1 Å². The van der Waals surface area contributed by atoms with Gasteiger partial charge in [-0.1, -0.05) is 18.2 Å². The monoisotopic (exact) mass is 386 g/mol. The number of benzene rings is 1. The highest BCUT2D eigenvalue weighted by molar-refractivity contribution is 8.16. The number of hydrogen-bond donors (Lipinski definition) is 2. The molecule has 1 aromatic carbocycles. The van der Waals surface area contributed by atoms with Gasteiger partial charge in [0.2, 0.25) is 5.91 Å². The first-order valence-electron chi connectivity index (χ1n) is 8.75. The third kappa shape index (κ3) is 4.87. The summed E-state index contributed by atoms with van der Waals surface area (Å²) in [5.74, 6) is 0.496. The fourth-order valence-electron chi connectivity index (χ4n) is 2.82. The minimum Gasteiger partial charge on any atom is -0.493 e. The summed E-state index contributed by atoms with van der Waals surface area (Å²) in [6, 6.07) is 11.3. The number of carbonyl (C=O) groups excluding carboxylic acids is 2. The number of ether oxygens (including phenoxy) is 1. The quantitative estimate of drug-likeness (QED) is 0.760. The van der Waals surface area contributed by atoms with Crippen molar-refractivity contribution in [3.63, 3.8) is 0 Å². The van der Waals surface area contributed by atoms with Crippen molar-refractivity contribution in [2.75, 3.05) is 6.61 Å². The molecule has 2 heterocycles. The number of nitrogens with one attached hydrogen (secondary N) is 1. The Morgan fingerprint density at radius 2 is 1.96 bits per heavy atom. The topological polar surface area (TPSA) is 88.5 Å². The number of pyridine rings is 1. The molecule has 1 saturated heterocycles. The first-order chi connectivity index (χ1) is 12.9. The van der Waals surface area contributed by atoms with Crippen LogP contribution in [0.5, 0.6) is 5.75 Å². The van der Waals surface area contributed by atoms with Gasteiger partial charge in [-0.05, 0) is 61.4 Å². The number of aliphatic hydroxyl groups excluding tert-OH is 1. The van der Waals surface area contributed by atoms with E-state index in [1.54, 1.807) is 20.0 Å².